The van der Waals surface area contributed by atoms with Crippen molar-refractivity contribution in [2.45, 2.75) is 51.0 Å². The Hall–Kier alpha value is -0.440. The minimum Gasteiger partial charge on any atom is -0.378 e. The summed E-state index contributed by atoms with van der Waals surface area (Å²) in [4.78, 5) is 5.06. The Balaban J connectivity index is 0.00000104. The molecule has 1 aliphatic heterocycles. The Kier molecular flexibility index (Phi) is 5.84. The van der Waals surface area contributed by atoms with E-state index in [0.717, 1.165) is 17.9 Å². The largest absolute Gasteiger partial charge is 0.378 e. The van der Waals surface area contributed by atoms with Gasteiger partial charge in [-0.05, 0) is 72.7 Å². The van der Waals surface area contributed by atoms with Crippen LogP contribution in [0.5, 0.6) is 0 Å². The van der Waals surface area contributed by atoms with Crippen molar-refractivity contribution in [3.8, 4) is 0 Å². The molecule has 4 heteroatoms. The first kappa shape index (κ1) is 19.9. The summed E-state index contributed by atoms with van der Waals surface area (Å²) in [7, 11) is 4.30. The number of hydrogen-bond acceptors (Lipinski definition) is 2. The van der Waals surface area contributed by atoms with E-state index in [2.05, 4.69) is 55.9 Å². The fourth-order valence-electron chi connectivity index (χ4n) is 4.83. The van der Waals surface area contributed by atoms with Crippen molar-refractivity contribution in [2.75, 3.05) is 32.1 Å². The summed E-state index contributed by atoms with van der Waals surface area (Å²) in [6, 6.07) is 7.94. The van der Waals surface area contributed by atoms with Crippen molar-refractivity contribution in [1.29, 1.82) is 0 Å². The maximum absolute atomic E-state index is 2.83. The van der Waals surface area contributed by atoms with Gasteiger partial charge in [-0.15, -0.1) is 24.8 Å². The van der Waals surface area contributed by atoms with Crippen LogP contribution in [0.2, 0.25) is 0 Å². The minimum absolute atomic E-state index is 0. The first-order chi connectivity index (χ1) is 10.5. The molecule has 2 aliphatic carbocycles. The molecule has 24 heavy (non-hydrogen) atoms. The van der Waals surface area contributed by atoms with Gasteiger partial charge in [0, 0.05) is 32.4 Å². The Morgan fingerprint density at radius 3 is 2.54 bits per heavy atom. The van der Waals surface area contributed by atoms with Gasteiger partial charge in [0.15, 0.2) is 0 Å². The van der Waals surface area contributed by atoms with Crippen LogP contribution in [0.4, 0.5) is 5.69 Å². The lowest BCUT2D eigenvalue weighted by atomic mass is 9.59. The van der Waals surface area contributed by atoms with Crippen LogP contribution in [0.3, 0.4) is 0 Å². The fourth-order valence-corrected chi connectivity index (χ4v) is 4.83. The quantitative estimate of drug-likeness (QED) is 0.770. The monoisotopic (exact) mass is 370 g/mol. The number of fused-ring (bicyclic) bond motifs is 4. The number of hydrogen-bond donors (Lipinski definition) is 0. The third-order valence-corrected chi connectivity index (χ3v) is 6.81. The highest BCUT2D eigenvalue weighted by molar-refractivity contribution is 5.85. The van der Waals surface area contributed by atoms with Crippen molar-refractivity contribution in [1.82, 2.24) is 4.90 Å². The smallest absolute Gasteiger partial charge is 0.0364 e. The second kappa shape index (κ2) is 7.05. The van der Waals surface area contributed by atoms with Gasteiger partial charge < -0.3 is 4.90 Å². The van der Waals surface area contributed by atoms with Crippen molar-refractivity contribution in [3.63, 3.8) is 0 Å². The highest BCUT2D eigenvalue weighted by atomic mass is 35.5. The van der Waals surface area contributed by atoms with Gasteiger partial charge in [0.2, 0.25) is 0 Å². The number of piperidine rings is 1. The van der Waals surface area contributed by atoms with E-state index in [1.165, 1.54) is 44.5 Å². The number of anilines is 1. The average molecular weight is 371 g/mol. The molecular formula is C20H32Cl2N2. The molecule has 3 aliphatic rings. The van der Waals surface area contributed by atoms with Crippen LogP contribution >= 0.6 is 24.8 Å². The van der Waals surface area contributed by atoms with Crippen LogP contribution in [0.15, 0.2) is 18.2 Å². The number of benzene rings is 1. The van der Waals surface area contributed by atoms with Gasteiger partial charge in [0.05, 0.1) is 0 Å². The van der Waals surface area contributed by atoms with E-state index in [1.807, 2.05) is 0 Å². The van der Waals surface area contributed by atoms with E-state index in [1.54, 1.807) is 11.1 Å². The molecule has 2 nitrogen and oxygen atoms in total. The standard InChI is InChI=1S/C20H30N2.2ClH/c1-14-19-11-16-7-8-17(21(3)4)12-18(16)20(14,2)9-10-22(19)13-15-5-6-15;;/h7-8,12,14-15,19H,5-6,9-11,13H2,1-4H3;2*1H/t14-,19-,20-;;/m1../s1. The third kappa shape index (κ3) is 3.18. The van der Waals surface area contributed by atoms with E-state index in [-0.39, 0.29) is 24.8 Å². The summed E-state index contributed by atoms with van der Waals surface area (Å²) >= 11 is 0. The van der Waals surface area contributed by atoms with Gasteiger partial charge in [-0.25, -0.2) is 0 Å². The van der Waals surface area contributed by atoms with E-state index < -0.39 is 0 Å². The first-order valence-corrected chi connectivity index (χ1v) is 9.04. The Morgan fingerprint density at radius 1 is 1.21 bits per heavy atom. The molecule has 1 aromatic carbocycles. The molecule has 1 saturated heterocycles. The summed E-state index contributed by atoms with van der Waals surface area (Å²) in [5.74, 6) is 1.78. The summed E-state index contributed by atoms with van der Waals surface area (Å²) in [6.07, 6.45) is 5.52. The van der Waals surface area contributed by atoms with E-state index in [0.29, 0.717) is 5.41 Å². The zero-order valence-electron chi connectivity index (χ0n) is 15.4. The van der Waals surface area contributed by atoms with Gasteiger partial charge in [0.25, 0.3) is 0 Å². The first-order valence-electron chi connectivity index (χ1n) is 9.04. The van der Waals surface area contributed by atoms with Crippen molar-refractivity contribution >= 4 is 30.5 Å². The maximum atomic E-state index is 2.83. The topological polar surface area (TPSA) is 6.48 Å². The molecule has 2 fully saturated rings. The third-order valence-electron chi connectivity index (χ3n) is 6.81. The predicted octanol–water partition coefficient (Wildman–Crippen LogP) is 4.53. The van der Waals surface area contributed by atoms with Crippen molar-refractivity contribution in [3.05, 3.63) is 29.3 Å². The highest BCUT2D eigenvalue weighted by Crippen LogP contribution is 2.50. The molecule has 0 spiro atoms. The molecular weight excluding hydrogens is 339 g/mol. The normalized spacial score (nSPS) is 31.5. The van der Waals surface area contributed by atoms with Crippen LogP contribution in [-0.2, 0) is 11.8 Å². The number of rotatable bonds is 3. The van der Waals surface area contributed by atoms with Gasteiger partial charge in [-0.3, -0.25) is 4.90 Å². The molecule has 3 atom stereocenters. The van der Waals surface area contributed by atoms with E-state index in [4.69, 9.17) is 0 Å². The summed E-state index contributed by atoms with van der Waals surface area (Å²) in [6.45, 7) is 7.69. The molecule has 4 rings (SSSR count). The zero-order chi connectivity index (χ0) is 15.5. The van der Waals surface area contributed by atoms with Crippen LogP contribution in [0.1, 0.15) is 44.2 Å². The lowest BCUT2D eigenvalue weighted by molar-refractivity contribution is 0.0284. The molecule has 1 aromatic rings. The van der Waals surface area contributed by atoms with E-state index >= 15 is 0 Å². The maximum Gasteiger partial charge on any atom is 0.0364 e. The van der Waals surface area contributed by atoms with Crippen LogP contribution in [0, 0.1) is 11.8 Å². The van der Waals surface area contributed by atoms with Crippen LogP contribution in [0.25, 0.3) is 0 Å². The van der Waals surface area contributed by atoms with Gasteiger partial charge in [-0.1, -0.05) is 19.9 Å². The molecule has 0 amide bonds. The van der Waals surface area contributed by atoms with Gasteiger partial charge >= 0.3 is 0 Å². The SMILES string of the molecule is C[C@@H]1[C@H]2Cc3ccc(N(C)C)cc3[C@]1(C)CCN2CC1CC1.Cl.Cl. The number of likely N-dealkylation sites (tertiary alicyclic amines) is 1. The summed E-state index contributed by atoms with van der Waals surface area (Å²) < 4.78 is 0. The molecule has 0 aromatic heterocycles. The zero-order valence-corrected chi connectivity index (χ0v) is 17.1. The van der Waals surface area contributed by atoms with E-state index in [9.17, 15) is 0 Å². The molecule has 0 radical (unpaired) electrons. The molecule has 0 N–H and O–H groups in total. The molecule has 136 valence electrons. The Morgan fingerprint density at radius 2 is 1.92 bits per heavy atom. The highest BCUT2D eigenvalue weighted by Gasteiger charge is 2.49. The number of nitrogens with zero attached hydrogens (tertiary/aromatic N) is 2. The van der Waals surface area contributed by atoms with Crippen molar-refractivity contribution in [2.24, 2.45) is 11.8 Å². The molecule has 0 unspecified atom stereocenters. The average Bonchev–Trinajstić information content (AvgIpc) is 3.29. The fraction of sp³-hybridized carbons (Fsp3) is 0.700. The van der Waals surface area contributed by atoms with Crippen molar-refractivity contribution < 1.29 is 0 Å². The lowest BCUT2D eigenvalue weighted by Crippen LogP contribution is -2.58. The second-order valence-electron chi connectivity index (χ2n) is 8.40. The van der Waals surface area contributed by atoms with Gasteiger partial charge in [-0.2, -0.15) is 0 Å². The summed E-state index contributed by atoms with van der Waals surface area (Å²) in [5, 5.41) is 0. The summed E-state index contributed by atoms with van der Waals surface area (Å²) in [5.41, 5.74) is 4.96. The van der Waals surface area contributed by atoms with Crippen LogP contribution in [-0.4, -0.2) is 38.1 Å². The molecule has 2 bridgehead atoms. The number of halogens is 2. The molecule has 1 saturated carbocycles. The Labute approximate surface area is 159 Å². The molecule has 1 heterocycles. The lowest BCUT2D eigenvalue weighted by Gasteiger charge is -2.55. The predicted molar refractivity (Wildman–Crippen MR) is 108 cm³/mol. The van der Waals surface area contributed by atoms with Gasteiger partial charge in [0.1, 0.15) is 0 Å². The Bertz CT molecular complexity index is 585. The second-order valence-corrected chi connectivity index (χ2v) is 8.40. The minimum atomic E-state index is 0. The van der Waals surface area contributed by atoms with Crippen LogP contribution < -0.4 is 4.90 Å².